The molecule has 0 saturated carbocycles. The third-order valence-electron chi connectivity index (χ3n) is 3.43. The molecule has 0 N–H and O–H groups in total. The molecule has 0 unspecified atom stereocenters. The largest absolute Gasteiger partial charge is 0.380 e. The average Bonchev–Trinajstić information content (AvgIpc) is 2.85. The lowest BCUT2D eigenvalue weighted by molar-refractivity contribution is 0.154. The van der Waals surface area contributed by atoms with Gasteiger partial charge in [0.05, 0.1) is 23.9 Å². The Bertz CT molecular complexity index is 568. The zero-order chi connectivity index (χ0) is 15.2. The van der Waals surface area contributed by atoms with E-state index in [9.17, 15) is 0 Å². The number of hydrogen-bond acceptors (Lipinski definition) is 3. The second-order valence-corrected chi connectivity index (χ2v) is 5.15. The Morgan fingerprint density at radius 1 is 1.29 bits per heavy atom. The summed E-state index contributed by atoms with van der Waals surface area (Å²) >= 11 is 6.13. The van der Waals surface area contributed by atoms with Gasteiger partial charge in [-0.25, -0.2) is 4.68 Å². The molecule has 114 valence electrons. The van der Waals surface area contributed by atoms with Crippen LogP contribution in [-0.4, -0.2) is 36.6 Å². The van der Waals surface area contributed by atoms with Crippen LogP contribution in [-0.2, 0) is 10.6 Å². The molecule has 1 heterocycles. The number of ether oxygens (including phenoxy) is 1. The van der Waals surface area contributed by atoms with E-state index in [1.54, 1.807) is 0 Å². The van der Waals surface area contributed by atoms with Gasteiger partial charge in [-0.15, -0.1) is 11.6 Å². The molecule has 0 amide bonds. The normalized spacial score (nSPS) is 10.9. The van der Waals surface area contributed by atoms with Crippen LogP contribution in [0.25, 0.3) is 5.69 Å². The Labute approximate surface area is 131 Å². The van der Waals surface area contributed by atoms with E-state index in [2.05, 4.69) is 10.00 Å². The van der Waals surface area contributed by atoms with Crippen LogP contribution in [0.3, 0.4) is 0 Å². The van der Waals surface area contributed by atoms with E-state index in [0.29, 0.717) is 12.5 Å². The van der Waals surface area contributed by atoms with Gasteiger partial charge in [-0.1, -0.05) is 18.2 Å². The van der Waals surface area contributed by atoms with E-state index < -0.39 is 0 Å². The lowest BCUT2D eigenvalue weighted by atomic mass is 10.2. The van der Waals surface area contributed by atoms with Crippen LogP contribution in [0.4, 0.5) is 5.82 Å². The van der Waals surface area contributed by atoms with Gasteiger partial charge in [-0.2, -0.15) is 5.10 Å². The van der Waals surface area contributed by atoms with Gasteiger partial charge in [0, 0.05) is 25.8 Å². The van der Waals surface area contributed by atoms with Crippen molar-refractivity contribution in [3.05, 3.63) is 41.6 Å². The Hall–Kier alpha value is -1.52. The minimum Gasteiger partial charge on any atom is -0.380 e. The highest BCUT2D eigenvalue weighted by Crippen LogP contribution is 2.27. The van der Waals surface area contributed by atoms with Gasteiger partial charge in [0.1, 0.15) is 5.82 Å². The summed E-state index contributed by atoms with van der Waals surface area (Å²) in [5.74, 6) is 1.49. The number of likely N-dealkylation sites (N-methyl/N-ethyl adjacent to an activating group) is 1. The van der Waals surface area contributed by atoms with Gasteiger partial charge < -0.3 is 9.64 Å². The van der Waals surface area contributed by atoms with E-state index in [0.717, 1.165) is 35.9 Å². The predicted octanol–water partition coefficient (Wildman–Crippen LogP) is 3.39. The van der Waals surface area contributed by atoms with E-state index in [1.807, 2.05) is 55.9 Å². The highest BCUT2D eigenvalue weighted by molar-refractivity contribution is 6.17. The molecule has 0 aliphatic heterocycles. The van der Waals surface area contributed by atoms with Gasteiger partial charge in [-0.05, 0) is 26.0 Å². The van der Waals surface area contributed by atoms with Crippen molar-refractivity contribution in [2.24, 2.45) is 0 Å². The molecule has 4 nitrogen and oxygen atoms in total. The Morgan fingerprint density at radius 3 is 2.62 bits per heavy atom. The summed E-state index contributed by atoms with van der Waals surface area (Å²) in [6.45, 7) is 6.22. The number of aromatic nitrogens is 2. The number of benzene rings is 1. The van der Waals surface area contributed by atoms with Crippen molar-refractivity contribution in [2.45, 2.75) is 19.7 Å². The fourth-order valence-corrected chi connectivity index (χ4v) is 2.61. The topological polar surface area (TPSA) is 30.3 Å². The molecule has 0 aliphatic carbocycles. The fraction of sp³-hybridized carbons (Fsp3) is 0.438. The summed E-state index contributed by atoms with van der Waals surface area (Å²) in [5, 5.41) is 4.65. The number of anilines is 1. The number of nitrogens with zero attached hydrogens (tertiary/aromatic N) is 3. The molecule has 21 heavy (non-hydrogen) atoms. The zero-order valence-corrected chi connectivity index (χ0v) is 13.6. The lowest BCUT2D eigenvalue weighted by Crippen LogP contribution is -2.26. The Morgan fingerprint density at radius 2 is 2.00 bits per heavy atom. The molecule has 0 spiro atoms. The van der Waals surface area contributed by atoms with Gasteiger partial charge in [0.25, 0.3) is 0 Å². The average molecular weight is 308 g/mol. The second kappa shape index (κ2) is 7.48. The minimum absolute atomic E-state index is 0.451. The number of hydrogen-bond donors (Lipinski definition) is 0. The first-order chi connectivity index (χ1) is 10.2. The monoisotopic (exact) mass is 307 g/mol. The first-order valence-corrected chi connectivity index (χ1v) is 7.71. The lowest BCUT2D eigenvalue weighted by Gasteiger charge is -2.21. The van der Waals surface area contributed by atoms with Crippen LogP contribution < -0.4 is 4.90 Å². The predicted molar refractivity (Wildman–Crippen MR) is 87.6 cm³/mol. The SMILES string of the molecule is CCOCCN(C)c1c(CCl)c(C)nn1-c1ccccc1. The maximum Gasteiger partial charge on any atom is 0.136 e. The molecule has 0 fully saturated rings. The summed E-state index contributed by atoms with van der Waals surface area (Å²) in [5.41, 5.74) is 3.07. The Balaban J connectivity index is 2.37. The van der Waals surface area contributed by atoms with Crippen molar-refractivity contribution >= 4 is 17.4 Å². The van der Waals surface area contributed by atoms with Crippen molar-refractivity contribution in [3.8, 4) is 5.69 Å². The van der Waals surface area contributed by atoms with Crippen LogP contribution in [0.15, 0.2) is 30.3 Å². The fourth-order valence-electron chi connectivity index (χ4n) is 2.30. The maximum absolute atomic E-state index is 6.13. The quantitative estimate of drug-likeness (QED) is 0.580. The van der Waals surface area contributed by atoms with Crippen LogP contribution in [0.1, 0.15) is 18.2 Å². The molecular formula is C16H22ClN3O. The molecular weight excluding hydrogens is 286 g/mol. The third kappa shape index (κ3) is 3.57. The maximum atomic E-state index is 6.13. The molecule has 0 saturated heterocycles. The molecule has 0 radical (unpaired) electrons. The van der Waals surface area contributed by atoms with Crippen LogP contribution >= 0.6 is 11.6 Å². The number of halogens is 1. The first kappa shape index (κ1) is 15.9. The molecule has 5 heteroatoms. The van der Waals surface area contributed by atoms with Gasteiger partial charge in [0.2, 0.25) is 0 Å². The second-order valence-electron chi connectivity index (χ2n) is 4.89. The highest BCUT2D eigenvalue weighted by Gasteiger charge is 2.18. The van der Waals surface area contributed by atoms with E-state index in [4.69, 9.17) is 16.3 Å². The van der Waals surface area contributed by atoms with E-state index in [1.165, 1.54) is 0 Å². The molecule has 1 aromatic heterocycles. The van der Waals surface area contributed by atoms with Crippen molar-refractivity contribution in [2.75, 3.05) is 31.7 Å². The smallest absolute Gasteiger partial charge is 0.136 e. The summed E-state index contributed by atoms with van der Waals surface area (Å²) < 4.78 is 7.40. The Kier molecular flexibility index (Phi) is 5.65. The molecule has 0 bridgehead atoms. The molecule has 2 rings (SSSR count). The molecule has 2 aromatic rings. The number of para-hydroxylation sites is 1. The van der Waals surface area contributed by atoms with Crippen LogP contribution in [0.5, 0.6) is 0 Å². The number of alkyl halides is 1. The first-order valence-electron chi connectivity index (χ1n) is 7.17. The molecule has 1 aromatic carbocycles. The zero-order valence-electron chi connectivity index (χ0n) is 12.8. The number of rotatable bonds is 7. The van der Waals surface area contributed by atoms with Gasteiger partial charge in [-0.3, -0.25) is 0 Å². The van der Waals surface area contributed by atoms with Crippen molar-refractivity contribution in [1.82, 2.24) is 9.78 Å². The van der Waals surface area contributed by atoms with Crippen molar-refractivity contribution in [1.29, 1.82) is 0 Å². The van der Waals surface area contributed by atoms with Crippen LogP contribution in [0, 0.1) is 6.92 Å². The summed E-state index contributed by atoms with van der Waals surface area (Å²) in [6.07, 6.45) is 0. The van der Waals surface area contributed by atoms with Crippen LogP contribution in [0.2, 0.25) is 0 Å². The molecule has 0 atom stereocenters. The number of aryl methyl sites for hydroxylation is 1. The van der Waals surface area contributed by atoms with Gasteiger partial charge in [0.15, 0.2) is 0 Å². The summed E-state index contributed by atoms with van der Waals surface area (Å²) in [4.78, 5) is 2.15. The van der Waals surface area contributed by atoms with E-state index >= 15 is 0 Å². The standard InChI is InChI=1S/C16H22ClN3O/c1-4-21-11-10-19(3)16-15(12-17)13(2)18-20(16)14-8-6-5-7-9-14/h5-9H,4,10-12H2,1-3H3. The summed E-state index contributed by atoms with van der Waals surface area (Å²) in [7, 11) is 2.05. The third-order valence-corrected chi connectivity index (χ3v) is 3.70. The molecule has 0 aliphatic rings. The van der Waals surface area contributed by atoms with Crippen molar-refractivity contribution in [3.63, 3.8) is 0 Å². The highest BCUT2D eigenvalue weighted by atomic mass is 35.5. The van der Waals surface area contributed by atoms with Gasteiger partial charge >= 0.3 is 0 Å². The minimum atomic E-state index is 0.451. The summed E-state index contributed by atoms with van der Waals surface area (Å²) in [6, 6.07) is 10.1. The van der Waals surface area contributed by atoms with Crippen molar-refractivity contribution < 1.29 is 4.74 Å². The van der Waals surface area contributed by atoms with E-state index in [-0.39, 0.29) is 0 Å².